The molecule has 1 amide bonds. The molecule has 0 aliphatic rings. The van der Waals surface area contributed by atoms with Gasteiger partial charge in [0.25, 0.3) is 5.91 Å². The van der Waals surface area contributed by atoms with Gasteiger partial charge < -0.3 is 5.32 Å². The molecule has 2 aromatic carbocycles. The van der Waals surface area contributed by atoms with Gasteiger partial charge in [-0.25, -0.2) is 0 Å². The molecule has 0 fully saturated rings. The number of carbonyl (C=O) groups excluding carboxylic acids is 1. The molecule has 0 radical (unpaired) electrons. The van der Waals surface area contributed by atoms with E-state index >= 15 is 0 Å². The number of aromatic amines is 1. The summed E-state index contributed by atoms with van der Waals surface area (Å²) >= 11 is 1.46. The Bertz CT molecular complexity index is 928. The van der Waals surface area contributed by atoms with E-state index in [0.717, 1.165) is 11.1 Å². The highest BCUT2D eigenvalue weighted by Gasteiger charge is 2.17. The number of rotatable bonds is 5. The molecule has 3 aromatic rings. The fourth-order valence-electron chi connectivity index (χ4n) is 2.36. The van der Waals surface area contributed by atoms with E-state index in [0.29, 0.717) is 27.7 Å². The maximum Gasteiger partial charge on any atom is 0.257 e. The Balaban J connectivity index is 1.75. The predicted molar refractivity (Wildman–Crippen MR) is 98.4 cm³/mol. The number of nitriles is 1. The first-order valence-corrected chi connectivity index (χ1v) is 8.69. The van der Waals surface area contributed by atoms with Gasteiger partial charge in [0.1, 0.15) is 22.5 Å². The second-order valence-corrected chi connectivity index (χ2v) is 6.40. The minimum atomic E-state index is -0.266. The van der Waals surface area contributed by atoms with Crippen molar-refractivity contribution in [3.05, 3.63) is 76.9 Å². The van der Waals surface area contributed by atoms with E-state index in [2.05, 4.69) is 21.6 Å². The van der Waals surface area contributed by atoms with E-state index in [1.165, 1.54) is 11.8 Å². The molecule has 0 aliphatic carbocycles. The highest BCUT2D eigenvalue weighted by Crippen LogP contribution is 2.28. The first-order chi connectivity index (χ1) is 12.2. The number of carbonyl (C=O) groups is 1. The molecule has 5 nitrogen and oxygen atoms in total. The molecule has 25 heavy (non-hydrogen) atoms. The summed E-state index contributed by atoms with van der Waals surface area (Å²) in [4.78, 5) is 12.4. The number of hydrogen-bond acceptors (Lipinski definition) is 4. The molecule has 1 aromatic heterocycles. The van der Waals surface area contributed by atoms with Crippen molar-refractivity contribution in [2.45, 2.75) is 17.7 Å². The van der Waals surface area contributed by atoms with Gasteiger partial charge in [0.05, 0.1) is 0 Å². The average Bonchev–Trinajstić information content (AvgIpc) is 3.02. The van der Waals surface area contributed by atoms with Crippen LogP contribution in [0, 0.1) is 18.3 Å². The Labute approximate surface area is 150 Å². The molecule has 124 valence electrons. The number of nitrogens with zero attached hydrogens (tertiary/aromatic N) is 2. The third kappa shape index (κ3) is 3.90. The van der Waals surface area contributed by atoms with E-state index in [1.54, 1.807) is 12.1 Å². The number of thioether (sulfide) groups is 1. The zero-order valence-corrected chi connectivity index (χ0v) is 14.4. The molecular weight excluding hydrogens is 332 g/mol. The number of amides is 1. The summed E-state index contributed by atoms with van der Waals surface area (Å²) in [6.07, 6.45) is 0. The van der Waals surface area contributed by atoms with Crippen molar-refractivity contribution in [1.82, 2.24) is 10.2 Å². The number of aromatic nitrogens is 2. The molecule has 0 spiro atoms. The van der Waals surface area contributed by atoms with Crippen LogP contribution in [-0.4, -0.2) is 16.1 Å². The SMILES string of the molecule is Cc1ccccc1C(=O)Nc1[nH]nc(SCc2ccccc2)c1C#N. The van der Waals surface area contributed by atoms with Gasteiger partial charge in [-0.05, 0) is 24.1 Å². The van der Waals surface area contributed by atoms with Gasteiger partial charge in [-0.1, -0.05) is 60.3 Å². The maximum atomic E-state index is 12.4. The number of hydrogen-bond donors (Lipinski definition) is 2. The van der Waals surface area contributed by atoms with Crippen LogP contribution in [0.3, 0.4) is 0 Å². The summed E-state index contributed by atoms with van der Waals surface area (Å²) in [6.45, 7) is 1.87. The zero-order valence-electron chi connectivity index (χ0n) is 13.6. The number of benzene rings is 2. The lowest BCUT2D eigenvalue weighted by Crippen LogP contribution is -2.14. The van der Waals surface area contributed by atoms with Crippen LogP contribution < -0.4 is 5.32 Å². The predicted octanol–water partition coefficient (Wildman–Crippen LogP) is 4.13. The van der Waals surface area contributed by atoms with Crippen molar-refractivity contribution in [2.24, 2.45) is 0 Å². The third-order valence-electron chi connectivity index (χ3n) is 3.69. The van der Waals surface area contributed by atoms with Gasteiger partial charge in [-0.3, -0.25) is 9.89 Å². The smallest absolute Gasteiger partial charge is 0.257 e. The van der Waals surface area contributed by atoms with Crippen molar-refractivity contribution in [1.29, 1.82) is 5.26 Å². The monoisotopic (exact) mass is 348 g/mol. The van der Waals surface area contributed by atoms with E-state index in [9.17, 15) is 10.1 Å². The standard InChI is InChI=1S/C19H16N4OS/c1-13-7-5-6-10-15(13)18(24)21-17-16(11-20)19(23-22-17)25-12-14-8-3-2-4-9-14/h2-10H,12H2,1H3,(H2,21,22,23,24). The average molecular weight is 348 g/mol. The summed E-state index contributed by atoms with van der Waals surface area (Å²) in [5, 5.41) is 19.7. The summed E-state index contributed by atoms with van der Waals surface area (Å²) < 4.78 is 0. The van der Waals surface area contributed by atoms with Gasteiger partial charge in [0.2, 0.25) is 0 Å². The van der Waals surface area contributed by atoms with Crippen LogP contribution in [0.2, 0.25) is 0 Å². The summed E-state index contributed by atoms with van der Waals surface area (Å²) in [5.41, 5.74) is 2.93. The van der Waals surface area contributed by atoms with Crippen LogP contribution in [0.5, 0.6) is 0 Å². The zero-order chi connectivity index (χ0) is 17.6. The quantitative estimate of drug-likeness (QED) is 0.679. The Morgan fingerprint density at radius 1 is 1.20 bits per heavy atom. The second-order valence-electron chi connectivity index (χ2n) is 5.43. The lowest BCUT2D eigenvalue weighted by atomic mass is 10.1. The molecule has 0 atom stereocenters. The van der Waals surface area contributed by atoms with Gasteiger partial charge in [-0.2, -0.15) is 10.4 Å². The number of nitrogens with one attached hydrogen (secondary N) is 2. The van der Waals surface area contributed by atoms with Crippen LogP contribution >= 0.6 is 11.8 Å². The topological polar surface area (TPSA) is 81.6 Å². The van der Waals surface area contributed by atoms with Crippen molar-refractivity contribution in [3.8, 4) is 6.07 Å². The minimum Gasteiger partial charge on any atom is -0.306 e. The molecule has 0 bridgehead atoms. The fourth-order valence-corrected chi connectivity index (χ4v) is 3.26. The van der Waals surface area contributed by atoms with E-state index in [-0.39, 0.29) is 5.91 Å². The molecule has 3 rings (SSSR count). The Morgan fingerprint density at radius 2 is 1.92 bits per heavy atom. The molecule has 1 heterocycles. The molecule has 6 heteroatoms. The summed E-state index contributed by atoms with van der Waals surface area (Å²) in [5.74, 6) is 0.759. The lowest BCUT2D eigenvalue weighted by Gasteiger charge is -2.06. The largest absolute Gasteiger partial charge is 0.306 e. The van der Waals surface area contributed by atoms with Crippen LogP contribution in [0.4, 0.5) is 5.82 Å². The van der Waals surface area contributed by atoms with E-state index < -0.39 is 0 Å². The van der Waals surface area contributed by atoms with Crippen LogP contribution in [0.25, 0.3) is 0 Å². The normalized spacial score (nSPS) is 10.2. The second kappa shape index (κ2) is 7.69. The van der Waals surface area contributed by atoms with Crippen molar-refractivity contribution < 1.29 is 4.79 Å². The van der Waals surface area contributed by atoms with Gasteiger partial charge >= 0.3 is 0 Å². The number of aryl methyl sites for hydroxylation is 1. The molecular formula is C19H16N4OS. The van der Waals surface area contributed by atoms with Crippen molar-refractivity contribution >= 4 is 23.5 Å². The minimum absolute atomic E-state index is 0.266. The van der Waals surface area contributed by atoms with Gasteiger partial charge in [0, 0.05) is 11.3 Å². The Kier molecular flexibility index (Phi) is 5.17. The molecule has 2 N–H and O–H groups in total. The third-order valence-corrected chi connectivity index (χ3v) is 4.74. The molecule has 0 unspecified atom stereocenters. The highest BCUT2D eigenvalue weighted by molar-refractivity contribution is 7.98. The summed E-state index contributed by atoms with van der Waals surface area (Å²) in [6, 6.07) is 19.4. The molecule has 0 aliphatic heterocycles. The number of anilines is 1. The maximum absolute atomic E-state index is 12.4. The van der Waals surface area contributed by atoms with Crippen LogP contribution in [0.1, 0.15) is 27.0 Å². The fraction of sp³-hybridized carbons (Fsp3) is 0.105. The molecule has 0 saturated carbocycles. The number of H-pyrrole nitrogens is 1. The van der Waals surface area contributed by atoms with Crippen molar-refractivity contribution in [2.75, 3.05) is 5.32 Å². The molecule has 0 saturated heterocycles. The highest BCUT2D eigenvalue weighted by atomic mass is 32.2. The lowest BCUT2D eigenvalue weighted by molar-refractivity contribution is 0.102. The van der Waals surface area contributed by atoms with Gasteiger partial charge in [-0.15, -0.1) is 0 Å². The van der Waals surface area contributed by atoms with Crippen molar-refractivity contribution in [3.63, 3.8) is 0 Å². The van der Waals surface area contributed by atoms with Crippen LogP contribution in [-0.2, 0) is 5.75 Å². The van der Waals surface area contributed by atoms with Crippen LogP contribution in [0.15, 0.2) is 59.6 Å². The van der Waals surface area contributed by atoms with Gasteiger partial charge in [0.15, 0.2) is 0 Å². The Hall–Kier alpha value is -3.04. The first kappa shape index (κ1) is 16.8. The Morgan fingerprint density at radius 3 is 2.64 bits per heavy atom. The first-order valence-electron chi connectivity index (χ1n) is 7.71. The van der Waals surface area contributed by atoms with E-state index in [4.69, 9.17) is 0 Å². The van der Waals surface area contributed by atoms with E-state index in [1.807, 2.05) is 49.4 Å². The summed E-state index contributed by atoms with van der Waals surface area (Å²) in [7, 11) is 0.